The first-order chi connectivity index (χ1) is 16.8. The fraction of sp³-hybridized carbons (Fsp3) is 0.440. The lowest BCUT2D eigenvalue weighted by Gasteiger charge is -2.37. The number of carbonyl (C=O) groups is 2. The summed E-state index contributed by atoms with van der Waals surface area (Å²) in [4.78, 5) is 31.3. The van der Waals surface area contributed by atoms with Gasteiger partial charge in [-0.2, -0.15) is 4.31 Å². The normalized spacial score (nSPS) is 20.3. The van der Waals surface area contributed by atoms with Gasteiger partial charge in [-0.05, 0) is 55.3 Å². The molecule has 3 aliphatic rings. The van der Waals surface area contributed by atoms with Crippen LogP contribution in [0, 0.1) is 5.82 Å². The van der Waals surface area contributed by atoms with Crippen LogP contribution in [0.2, 0.25) is 0 Å². The van der Waals surface area contributed by atoms with Crippen LogP contribution >= 0.6 is 0 Å². The van der Waals surface area contributed by atoms with Crippen molar-refractivity contribution in [1.82, 2.24) is 9.21 Å². The quantitative estimate of drug-likeness (QED) is 0.588. The second-order valence-electron chi connectivity index (χ2n) is 9.28. The van der Waals surface area contributed by atoms with Gasteiger partial charge in [-0.1, -0.05) is 12.8 Å². The second-order valence-corrected chi connectivity index (χ2v) is 11.2. The molecule has 0 radical (unpaired) electrons. The molecule has 1 amide bonds. The third-order valence-electron chi connectivity index (χ3n) is 7.05. The number of benzene rings is 2. The van der Waals surface area contributed by atoms with Gasteiger partial charge < -0.3 is 4.90 Å². The van der Waals surface area contributed by atoms with Crippen molar-refractivity contribution in [2.24, 2.45) is 0 Å². The molecule has 0 aliphatic carbocycles. The highest BCUT2D eigenvalue weighted by atomic mass is 32.2. The van der Waals surface area contributed by atoms with Crippen molar-refractivity contribution < 1.29 is 22.4 Å². The molecule has 186 valence electrons. The highest BCUT2D eigenvalue weighted by molar-refractivity contribution is 7.89. The number of nitrogens with zero attached hydrogens (tertiary/aromatic N) is 4. The number of fused-ring (bicyclic) bond motifs is 1. The molecule has 8 nitrogen and oxygen atoms in total. The molecule has 2 aromatic rings. The lowest BCUT2D eigenvalue weighted by atomic mass is 10.1. The van der Waals surface area contributed by atoms with Gasteiger partial charge in [0.15, 0.2) is 0 Å². The minimum absolute atomic E-state index is 0.0639. The number of amides is 1. The topological polar surface area (TPSA) is 81.2 Å². The van der Waals surface area contributed by atoms with E-state index < -0.39 is 21.7 Å². The zero-order chi connectivity index (χ0) is 24.6. The van der Waals surface area contributed by atoms with E-state index in [-0.39, 0.29) is 22.9 Å². The molecule has 0 unspecified atom stereocenters. The molecule has 0 saturated carbocycles. The van der Waals surface area contributed by atoms with Gasteiger partial charge in [0.1, 0.15) is 5.82 Å². The Morgan fingerprint density at radius 2 is 1.46 bits per heavy atom. The summed E-state index contributed by atoms with van der Waals surface area (Å²) in [6.07, 6.45) is 3.67. The maximum atomic E-state index is 13.2. The van der Waals surface area contributed by atoms with Crippen molar-refractivity contribution in [3.63, 3.8) is 0 Å². The Kier molecular flexibility index (Phi) is 6.61. The van der Waals surface area contributed by atoms with E-state index in [0.717, 1.165) is 31.4 Å². The summed E-state index contributed by atoms with van der Waals surface area (Å²) in [6.45, 7) is 3.97. The predicted octanol–water partition coefficient (Wildman–Crippen LogP) is 2.70. The molecular formula is C25H29FN4O4S. The SMILES string of the molecule is O=C1C(=O)N(CN2CCN(c3ccc(F)cc3)CC2)c2ccc(S(=O)(=O)N3CCCCCC3)cc21. The molecule has 2 saturated heterocycles. The van der Waals surface area contributed by atoms with Crippen LogP contribution in [-0.4, -0.2) is 75.3 Å². The standard InChI is InChI=1S/C25H29FN4O4S/c26-19-5-7-20(8-6-19)28-15-13-27(14-16-28)18-30-23-10-9-21(17-22(23)24(31)25(30)32)35(33,34)29-11-3-1-2-4-12-29/h5-10,17H,1-4,11-16,18H2. The zero-order valence-electron chi connectivity index (χ0n) is 19.5. The number of halogens is 1. The summed E-state index contributed by atoms with van der Waals surface area (Å²) in [5, 5.41) is 0. The van der Waals surface area contributed by atoms with Crippen LogP contribution < -0.4 is 9.80 Å². The third-order valence-corrected chi connectivity index (χ3v) is 8.95. The Balaban J connectivity index is 1.29. The first-order valence-electron chi connectivity index (χ1n) is 12.1. The summed E-state index contributed by atoms with van der Waals surface area (Å²) in [5.74, 6) is -1.58. The van der Waals surface area contributed by atoms with Gasteiger partial charge >= 0.3 is 5.91 Å². The molecule has 3 aliphatic heterocycles. The zero-order valence-corrected chi connectivity index (χ0v) is 20.3. The first-order valence-corrected chi connectivity index (χ1v) is 13.5. The molecule has 0 aromatic heterocycles. The fourth-order valence-electron chi connectivity index (χ4n) is 5.01. The maximum absolute atomic E-state index is 13.2. The van der Waals surface area contributed by atoms with Gasteiger partial charge in [0, 0.05) is 45.0 Å². The van der Waals surface area contributed by atoms with Crippen LogP contribution in [0.15, 0.2) is 47.4 Å². The fourth-order valence-corrected chi connectivity index (χ4v) is 6.55. The minimum atomic E-state index is -3.72. The summed E-state index contributed by atoms with van der Waals surface area (Å²) in [6, 6.07) is 10.8. The molecule has 0 atom stereocenters. The molecule has 2 fully saturated rings. The Bertz CT molecular complexity index is 1220. The Morgan fingerprint density at radius 1 is 0.800 bits per heavy atom. The van der Waals surface area contributed by atoms with Crippen molar-refractivity contribution >= 4 is 33.1 Å². The minimum Gasteiger partial charge on any atom is -0.369 e. The van der Waals surface area contributed by atoms with Crippen LogP contribution in [0.25, 0.3) is 0 Å². The van der Waals surface area contributed by atoms with Gasteiger partial charge in [0.2, 0.25) is 10.0 Å². The third kappa shape index (κ3) is 4.70. The van der Waals surface area contributed by atoms with Crippen molar-refractivity contribution in [1.29, 1.82) is 0 Å². The molecular weight excluding hydrogens is 471 g/mol. The summed E-state index contributed by atoms with van der Waals surface area (Å²) in [5.41, 5.74) is 1.55. The van der Waals surface area contributed by atoms with E-state index in [1.807, 2.05) is 0 Å². The summed E-state index contributed by atoms with van der Waals surface area (Å²) >= 11 is 0. The van der Waals surface area contributed by atoms with Gasteiger partial charge in [-0.15, -0.1) is 0 Å². The number of ketones is 1. The van der Waals surface area contributed by atoms with Crippen molar-refractivity contribution in [2.75, 3.05) is 55.7 Å². The van der Waals surface area contributed by atoms with Crippen LogP contribution in [-0.2, 0) is 14.8 Å². The average Bonchev–Trinajstić information content (AvgIpc) is 3.06. The molecule has 10 heteroatoms. The highest BCUT2D eigenvalue weighted by Gasteiger charge is 2.38. The molecule has 0 bridgehead atoms. The van der Waals surface area contributed by atoms with E-state index in [0.29, 0.717) is 45.0 Å². The van der Waals surface area contributed by atoms with Crippen molar-refractivity contribution in [3.05, 3.63) is 53.8 Å². The second kappa shape index (κ2) is 9.67. The largest absolute Gasteiger partial charge is 0.369 e. The van der Waals surface area contributed by atoms with Crippen molar-refractivity contribution in [3.8, 4) is 0 Å². The van der Waals surface area contributed by atoms with E-state index in [1.54, 1.807) is 18.2 Å². The number of sulfonamides is 1. The number of Topliss-reactive ketones (excluding diaryl/α,β-unsaturated/α-hetero) is 1. The number of hydrogen-bond donors (Lipinski definition) is 0. The van der Waals surface area contributed by atoms with Gasteiger partial charge in [0.05, 0.1) is 22.8 Å². The van der Waals surface area contributed by atoms with Gasteiger partial charge in [-0.25, -0.2) is 12.8 Å². The monoisotopic (exact) mass is 500 g/mol. The lowest BCUT2D eigenvalue weighted by molar-refractivity contribution is -0.114. The van der Waals surface area contributed by atoms with Crippen LogP contribution in [0.1, 0.15) is 36.0 Å². The molecule has 0 spiro atoms. The lowest BCUT2D eigenvalue weighted by Crippen LogP contribution is -2.51. The molecule has 2 aromatic carbocycles. The van der Waals surface area contributed by atoms with Crippen LogP contribution in [0.3, 0.4) is 0 Å². The maximum Gasteiger partial charge on any atom is 0.300 e. The number of rotatable bonds is 5. The van der Waals surface area contributed by atoms with E-state index in [9.17, 15) is 22.4 Å². The van der Waals surface area contributed by atoms with E-state index in [2.05, 4.69) is 9.80 Å². The average molecular weight is 501 g/mol. The smallest absolute Gasteiger partial charge is 0.300 e. The summed E-state index contributed by atoms with van der Waals surface area (Å²) in [7, 11) is -3.72. The number of anilines is 2. The Hall–Kier alpha value is -2.82. The predicted molar refractivity (Wildman–Crippen MR) is 131 cm³/mol. The molecule has 3 heterocycles. The van der Waals surface area contributed by atoms with Gasteiger partial charge in [0.25, 0.3) is 5.78 Å². The van der Waals surface area contributed by atoms with Crippen LogP contribution in [0.4, 0.5) is 15.8 Å². The number of piperazine rings is 1. The van der Waals surface area contributed by atoms with Gasteiger partial charge in [-0.3, -0.25) is 19.4 Å². The number of hydrogen-bond acceptors (Lipinski definition) is 6. The Labute approximate surface area is 205 Å². The number of carbonyl (C=O) groups excluding carboxylic acids is 2. The molecule has 5 rings (SSSR count). The van der Waals surface area contributed by atoms with E-state index in [1.165, 1.54) is 33.5 Å². The molecule has 35 heavy (non-hydrogen) atoms. The van der Waals surface area contributed by atoms with E-state index >= 15 is 0 Å². The van der Waals surface area contributed by atoms with Crippen molar-refractivity contribution in [2.45, 2.75) is 30.6 Å². The summed E-state index contributed by atoms with van der Waals surface area (Å²) < 4.78 is 41.0. The molecule has 0 N–H and O–H groups in total. The van der Waals surface area contributed by atoms with E-state index in [4.69, 9.17) is 0 Å². The highest BCUT2D eigenvalue weighted by Crippen LogP contribution is 2.33. The first kappa shape index (κ1) is 23.9. The van der Waals surface area contributed by atoms with Crippen LogP contribution in [0.5, 0.6) is 0 Å². The Morgan fingerprint density at radius 3 is 2.11 bits per heavy atom.